The van der Waals surface area contributed by atoms with Gasteiger partial charge in [-0.15, -0.1) is 0 Å². The minimum absolute atomic E-state index is 0.354. The van der Waals surface area contributed by atoms with Crippen molar-refractivity contribution in [3.05, 3.63) is 59.1 Å². The minimum Gasteiger partial charge on any atom is -0.480 e. The monoisotopic (exact) mass is 375 g/mol. The van der Waals surface area contributed by atoms with E-state index in [9.17, 15) is 14.4 Å². The minimum atomic E-state index is -1.17. The smallest absolute Gasteiger partial charge is 0.323 e. The molecule has 26 heavy (non-hydrogen) atoms. The Morgan fingerprint density at radius 2 is 1.81 bits per heavy atom. The fraction of sp³-hybridized carbons (Fsp3) is 0.167. The van der Waals surface area contributed by atoms with Crippen LogP contribution in [0.1, 0.15) is 5.56 Å². The number of hydrogen-bond acceptors (Lipinski definition) is 3. The van der Waals surface area contributed by atoms with Gasteiger partial charge in [0.25, 0.3) is 0 Å². The number of rotatable bonds is 6. The van der Waals surface area contributed by atoms with E-state index < -0.39 is 24.5 Å². The van der Waals surface area contributed by atoms with Crippen molar-refractivity contribution in [3.8, 4) is 0 Å². The highest BCUT2D eigenvalue weighted by Gasteiger charge is 2.19. The van der Waals surface area contributed by atoms with Gasteiger partial charge < -0.3 is 15.7 Å². The van der Waals surface area contributed by atoms with Crippen LogP contribution in [0.3, 0.4) is 0 Å². The van der Waals surface area contributed by atoms with Crippen LogP contribution in [-0.4, -0.2) is 36.1 Å². The van der Waals surface area contributed by atoms with Crippen molar-refractivity contribution in [2.45, 2.75) is 6.92 Å². The summed E-state index contributed by atoms with van der Waals surface area (Å²) in [5.74, 6) is -1.73. The molecule has 0 aliphatic rings. The van der Waals surface area contributed by atoms with E-state index in [1.54, 1.807) is 30.3 Å². The Morgan fingerprint density at radius 3 is 2.42 bits per heavy atom. The zero-order valence-corrected chi connectivity index (χ0v) is 14.8. The maximum absolute atomic E-state index is 12.4. The molecule has 0 aliphatic carbocycles. The first-order valence-electron chi connectivity index (χ1n) is 7.74. The molecular weight excluding hydrogens is 358 g/mol. The molecule has 2 aromatic carbocycles. The third-order valence-electron chi connectivity index (χ3n) is 3.41. The summed E-state index contributed by atoms with van der Waals surface area (Å²) in [7, 11) is 0. The molecule has 2 rings (SSSR count). The second kappa shape index (κ2) is 8.87. The van der Waals surface area contributed by atoms with Gasteiger partial charge in [-0.05, 0) is 48.9 Å². The molecule has 0 saturated heterocycles. The van der Waals surface area contributed by atoms with Crippen molar-refractivity contribution in [3.63, 3.8) is 0 Å². The number of carbonyl (C=O) groups excluding carboxylic acids is 2. The summed E-state index contributed by atoms with van der Waals surface area (Å²) in [5.41, 5.74) is 1.95. The van der Waals surface area contributed by atoms with E-state index in [-0.39, 0.29) is 6.54 Å². The molecule has 136 valence electrons. The molecule has 0 bridgehead atoms. The van der Waals surface area contributed by atoms with E-state index in [1.165, 1.54) is 12.1 Å². The Balaban J connectivity index is 1.99. The lowest BCUT2D eigenvalue weighted by molar-refractivity contribution is -0.136. The predicted molar refractivity (Wildman–Crippen MR) is 99.6 cm³/mol. The van der Waals surface area contributed by atoms with Crippen molar-refractivity contribution >= 4 is 40.9 Å². The highest BCUT2D eigenvalue weighted by molar-refractivity contribution is 6.30. The Bertz CT molecular complexity index is 808. The van der Waals surface area contributed by atoms with Crippen LogP contribution in [0, 0.1) is 6.92 Å². The molecular formula is C18H18ClN3O4. The Hall–Kier alpha value is -3.06. The van der Waals surface area contributed by atoms with Crippen LogP contribution in [0.15, 0.2) is 48.5 Å². The normalized spacial score (nSPS) is 10.1. The number of benzene rings is 2. The molecule has 3 N–H and O–H groups in total. The molecule has 3 amide bonds. The number of carboxylic acids is 1. The van der Waals surface area contributed by atoms with Crippen LogP contribution >= 0.6 is 11.6 Å². The summed E-state index contributed by atoms with van der Waals surface area (Å²) >= 11 is 5.81. The average Bonchev–Trinajstić information content (AvgIpc) is 2.58. The Morgan fingerprint density at radius 1 is 1.12 bits per heavy atom. The van der Waals surface area contributed by atoms with Crippen LogP contribution in [0.2, 0.25) is 5.02 Å². The number of urea groups is 1. The zero-order chi connectivity index (χ0) is 19.1. The number of carboxylic acid groups (broad SMARTS) is 1. The van der Waals surface area contributed by atoms with E-state index >= 15 is 0 Å². The third-order valence-corrected chi connectivity index (χ3v) is 3.66. The number of nitrogens with one attached hydrogen (secondary N) is 2. The number of carbonyl (C=O) groups is 3. The molecule has 7 nitrogen and oxygen atoms in total. The highest BCUT2D eigenvalue weighted by Crippen LogP contribution is 2.18. The van der Waals surface area contributed by atoms with Crippen LogP contribution < -0.4 is 15.5 Å². The second-order valence-electron chi connectivity index (χ2n) is 5.53. The van der Waals surface area contributed by atoms with Gasteiger partial charge in [-0.2, -0.15) is 0 Å². The average molecular weight is 376 g/mol. The topological polar surface area (TPSA) is 98.7 Å². The van der Waals surface area contributed by atoms with E-state index in [4.69, 9.17) is 16.7 Å². The maximum Gasteiger partial charge on any atom is 0.323 e. The number of aryl methyl sites for hydroxylation is 1. The third kappa shape index (κ3) is 5.78. The molecule has 2 aromatic rings. The van der Waals surface area contributed by atoms with Gasteiger partial charge in [0.15, 0.2) is 0 Å². The van der Waals surface area contributed by atoms with Gasteiger partial charge >= 0.3 is 12.0 Å². The van der Waals surface area contributed by atoms with Crippen molar-refractivity contribution in [2.24, 2.45) is 0 Å². The van der Waals surface area contributed by atoms with E-state index in [0.717, 1.165) is 10.5 Å². The predicted octanol–water partition coefficient (Wildman–Crippen LogP) is 2.89. The largest absolute Gasteiger partial charge is 0.480 e. The van der Waals surface area contributed by atoms with Crippen LogP contribution in [0.25, 0.3) is 0 Å². The first-order chi connectivity index (χ1) is 12.3. The fourth-order valence-corrected chi connectivity index (χ4v) is 2.36. The summed E-state index contributed by atoms with van der Waals surface area (Å²) in [6.45, 7) is 1.01. The summed E-state index contributed by atoms with van der Waals surface area (Å²) < 4.78 is 0. The number of aliphatic carboxylic acids is 1. The summed E-state index contributed by atoms with van der Waals surface area (Å²) in [6.07, 6.45) is 0. The lowest BCUT2D eigenvalue weighted by Crippen LogP contribution is -2.43. The molecule has 0 unspecified atom stereocenters. The number of nitrogens with zero attached hydrogens (tertiary/aromatic N) is 1. The molecule has 8 heteroatoms. The van der Waals surface area contributed by atoms with Gasteiger partial charge in [0.1, 0.15) is 6.54 Å². The summed E-state index contributed by atoms with van der Waals surface area (Å²) in [4.78, 5) is 36.4. The lowest BCUT2D eigenvalue weighted by atomic mass is 10.2. The molecule has 0 fully saturated rings. The summed E-state index contributed by atoms with van der Waals surface area (Å²) in [5, 5.41) is 14.5. The first-order valence-corrected chi connectivity index (χ1v) is 8.12. The standard InChI is InChI=1S/C18H18ClN3O4/c1-12-3-2-4-14(9-12)21-18(26)20-10-16(23)22(11-17(24)25)15-7-5-13(19)6-8-15/h2-9H,10-11H2,1H3,(H,24,25)(H2,20,21,26). The molecule has 0 aromatic heterocycles. The van der Waals surface area contributed by atoms with Crippen molar-refractivity contribution in [1.29, 1.82) is 0 Å². The van der Waals surface area contributed by atoms with Gasteiger partial charge in [-0.25, -0.2) is 4.79 Å². The number of halogens is 1. The Labute approximate surface area is 155 Å². The van der Waals surface area contributed by atoms with E-state index in [1.807, 2.05) is 13.0 Å². The molecule has 0 atom stereocenters. The van der Waals surface area contributed by atoms with Gasteiger partial charge in [-0.1, -0.05) is 23.7 Å². The highest BCUT2D eigenvalue weighted by atomic mass is 35.5. The first kappa shape index (κ1) is 19.3. The zero-order valence-electron chi connectivity index (χ0n) is 14.0. The fourth-order valence-electron chi connectivity index (χ4n) is 2.23. The Kier molecular flexibility index (Phi) is 6.57. The number of anilines is 2. The van der Waals surface area contributed by atoms with Crippen LogP contribution in [0.4, 0.5) is 16.2 Å². The van der Waals surface area contributed by atoms with Gasteiger partial charge in [-0.3, -0.25) is 14.5 Å². The maximum atomic E-state index is 12.4. The molecule has 0 aliphatic heterocycles. The van der Waals surface area contributed by atoms with Crippen molar-refractivity contribution in [1.82, 2.24) is 5.32 Å². The SMILES string of the molecule is Cc1cccc(NC(=O)NCC(=O)N(CC(=O)O)c2ccc(Cl)cc2)c1. The van der Waals surface area contributed by atoms with Gasteiger partial charge in [0, 0.05) is 16.4 Å². The lowest BCUT2D eigenvalue weighted by Gasteiger charge is -2.21. The summed E-state index contributed by atoms with van der Waals surface area (Å²) in [6, 6.07) is 12.8. The molecule has 0 radical (unpaired) electrons. The quantitative estimate of drug-likeness (QED) is 0.722. The molecule has 0 saturated carbocycles. The van der Waals surface area contributed by atoms with Gasteiger partial charge in [0.2, 0.25) is 5.91 Å². The van der Waals surface area contributed by atoms with Crippen LogP contribution in [0.5, 0.6) is 0 Å². The molecule has 0 spiro atoms. The van der Waals surface area contributed by atoms with Crippen LogP contribution in [-0.2, 0) is 9.59 Å². The number of hydrogen-bond donors (Lipinski definition) is 3. The van der Waals surface area contributed by atoms with E-state index in [2.05, 4.69) is 10.6 Å². The van der Waals surface area contributed by atoms with Gasteiger partial charge in [0.05, 0.1) is 6.54 Å². The number of amides is 3. The van der Waals surface area contributed by atoms with E-state index in [0.29, 0.717) is 16.4 Å². The van der Waals surface area contributed by atoms with Crippen molar-refractivity contribution < 1.29 is 19.5 Å². The molecule has 0 heterocycles. The second-order valence-corrected chi connectivity index (χ2v) is 5.96. The van der Waals surface area contributed by atoms with Crippen molar-refractivity contribution in [2.75, 3.05) is 23.3 Å².